The molecule has 5 rings (SSSR count). The van der Waals surface area contributed by atoms with Crippen molar-refractivity contribution in [1.82, 2.24) is 20.1 Å². The number of nitrogens with two attached hydrogens (primary N) is 2. The second-order valence-electron chi connectivity index (χ2n) is 10.2. The summed E-state index contributed by atoms with van der Waals surface area (Å²) in [5.74, 6) is -1.65. The molecule has 2 aliphatic heterocycles. The zero-order valence-corrected chi connectivity index (χ0v) is 23.5. The molecule has 3 amide bonds. The minimum absolute atomic E-state index is 0.0339. The van der Waals surface area contributed by atoms with E-state index < -0.39 is 11.6 Å². The van der Waals surface area contributed by atoms with Crippen LogP contribution in [0.1, 0.15) is 33.7 Å². The third-order valence-electron chi connectivity index (χ3n) is 7.25. The highest BCUT2D eigenvalue weighted by atomic mass is 16.5. The van der Waals surface area contributed by atoms with Gasteiger partial charge in [-0.1, -0.05) is 24.3 Å². The number of rotatable bonds is 6. The number of nitrogens with zero attached hydrogens (tertiary/aromatic N) is 5. The molecule has 2 saturated heterocycles. The molecule has 0 radical (unpaired) electrons. The van der Waals surface area contributed by atoms with E-state index in [2.05, 4.69) is 20.3 Å². The summed E-state index contributed by atoms with van der Waals surface area (Å²) in [5.41, 5.74) is 13.0. The van der Waals surface area contributed by atoms with Gasteiger partial charge in [0.25, 0.3) is 17.7 Å². The molecular formula is C30H33N9O4. The molecule has 1 aromatic heterocycles. The number of guanidine groups is 1. The maximum atomic E-state index is 13.0. The van der Waals surface area contributed by atoms with Crippen LogP contribution in [0.5, 0.6) is 0 Å². The third-order valence-corrected chi connectivity index (χ3v) is 7.25. The van der Waals surface area contributed by atoms with E-state index in [1.807, 2.05) is 30.3 Å². The average molecular weight is 584 g/mol. The summed E-state index contributed by atoms with van der Waals surface area (Å²) < 4.78 is 5.30. The fourth-order valence-electron chi connectivity index (χ4n) is 4.93. The van der Waals surface area contributed by atoms with Gasteiger partial charge >= 0.3 is 0 Å². The van der Waals surface area contributed by atoms with E-state index in [1.165, 1.54) is 0 Å². The van der Waals surface area contributed by atoms with Crippen LogP contribution in [-0.4, -0.2) is 95.4 Å². The van der Waals surface area contributed by atoms with E-state index in [0.717, 1.165) is 23.7 Å². The van der Waals surface area contributed by atoms with Crippen molar-refractivity contribution in [3.63, 3.8) is 0 Å². The van der Waals surface area contributed by atoms with Crippen LogP contribution in [0.2, 0.25) is 0 Å². The number of amides is 3. The number of amidine groups is 1. The van der Waals surface area contributed by atoms with E-state index in [4.69, 9.17) is 21.6 Å². The molecule has 222 valence electrons. The Kier molecular flexibility index (Phi) is 9.01. The van der Waals surface area contributed by atoms with Crippen molar-refractivity contribution in [3.05, 3.63) is 71.9 Å². The Balaban J connectivity index is 1.28. The number of benzene rings is 2. The molecule has 3 heterocycles. The van der Waals surface area contributed by atoms with Crippen molar-refractivity contribution in [1.29, 1.82) is 5.41 Å². The van der Waals surface area contributed by atoms with Gasteiger partial charge in [0.1, 0.15) is 5.69 Å². The lowest BCUT2D eigenvalue weighted by molar-refractivity contribution is -0.111. The molecule has 0 saturated carbocycles. The van der Waals surface area contributed by atoms with Crippen molar-refractivity contribution < 1.29 is 19.1 Å². The summed E-state index contributed by atoms with van der Waals surface area (Å²) in [6, 6.07) is 17.3. The first kappa shape index (κ1) is 29.3. The van der Waals surface area contributed by atoms with Gasteiger partial charge in [-0.25, -0.2) is 9.98 Å². The summed E-state index contributed by atoms with van der Waals surface area (Å²) >= 11 is 0. The van der Waals surface area contributed by atoms with Gasteiger partial charge in [0, 0.05) is 43.2 Å². The number of carbonyl (C=O) groups excluding carboxylic acids is 3. The molecule has 0 spiro atoms. The van der Waals surface area contributed by atoms with E-state index in [9.17, 15) is 14.4 Å². The zero-order chi connectivity index (χ0) is 30.3. The molecule has 0 aliphatic carbocycles. The standard InChI is InChI=1S/C30H33N9O4/c31-25(26(32)40)27(34-21-10-7-20(8-11-21)29(42)38-14-16-43-17-15-38)37-30(33)39-13-3-5-22(18-39)35-28(41)24-12-9-19-4-1-2-6-23(19)36-24/h1-2,4,6-12,22,31H,3,5,13-18H2,(H2,32,40)(H,35,41)(H2,33,34,37). The average Bonchev–Trinajstić information content (AvgIpc) is 3.04. The lowest BCUT2D eigenvalue weighted by Gasteiger charge is -2.33. The normalized spacial score (nSPS) is 17.9. The van der Waals surface area contributed by atoms with Crippen LogP contribution >= 0.6 is 0 Å². The van der Waals surface area contributed by atoms with Crippen molar-refractivity contribution in [3.8, 4) is 0 Å². The van der Waals surface area contributed by atoms with Crippen LogP contribution in [0.4, 0.5) is 5.69 Å². The molecule has 6 N–H and O–H groups in total. The number of ether oxygens (including phenoxy) is 1. The van der Waals surface area contributed by atoms with Gasteiger partial charge in [-0.05, 0) is 49.2 Å². The first-order valence-electron chi connectivity index (χ1n) is 14.0. The quantitative estimate of drug-likeness (QED) is 0.249. The SMILES string of the molecule is N=C(C(N)=O)C(=Nc1ccc(C(=O)N2CCOCC2)cc1)N=C(N)N1CCCC(NC(=O)c2ccc3ccccc3n2)C1. The Hall–Kier alpha value is -5.17. The minimum Gasteiger partial charge on any atom is -0.378 e. The van der Waals surface area contributed by atoms with E-state index in [0.29, 0.717) is 56.3 Å². The fourth-order valence-corrected chi connectivity index (χ4v) is 4.93. The zero-order valence-electron chi connectivity index (χ0n) is 23.5. The number of para-hydroxylation sites is 1. The van der Waals surface area contributed by atoms with Crippen LogP contribution in [0.25, 0.3) is 10.9 Å². The Labute approximate surface area is 248 Å². The van der Waals surface area contributed by atoms with Gasteiger partial charge in [0.15, 0.2) is 17.5 Å². The molecule has 1 atom stereocenters. The molecule has 13 heteroatoms. The smallest absolute Gasteiger partial charge is 0.270 e. The molecule has 2 fully saturated rings. The van der Waals surface area contributed by atoms with Crippen LogP contribution < -0.4 is 16.8 Å². The Bertz CT molecular complexity index is 1600. The van der Waals surface area contributed by atoms with Crippen LogP contribution in [-0.2, 0) is 9.53 Å². The first-order valence-corrected chi connectivity index (χ1v) is 14.0. The number of carbonyl (C=O) groups is 3. The van der Waals surface area contributed by atoms with Crippen molar-refractivity contribution in [2.75, 3.05) is 39.4 Å². The van der Waals surface area contributed by atoms with Crippen LogP contribution in [0.15, 0.2) is 70.6 Å². The Morgan fingerprint density at radius 1 is 0.953 bits per heavy atom. The van der Waals surface area contributed by atoms with E-state index >= 15 is 0 Å². The number of hydrogen-bond acceptors (Lipinski definition) is 7. The summed E-state index contributed by atoms with van der Waals surface area (Å²) in [7, 11) is 0. The first-order chi connectivity index (χ1) is 20.8. The number of piperidine rings is 1. The number of aromatic nitrogens is 1. The van der Waals surface area contributed by atoms with Gasteiger partial charge in [-0.2, -0.15) is 4.99 Å². The maximum Gasteiger partial charge on any atom is 0.270 e. The molecule has 2 aromatic carbocycles. The van der Waals surface area contributed by atoms with Crippen molar-refractivity contribution in [2.24, 2.45) is 21.5 Å². The van der Waals surface area contributed by atoms with E-state index in [1.54, 1.807) is 40.1 Å². The third kappa shape index (κ3) is 7.19. The summed E-state index contributed by atoms with van der Waals surface area (Å²) in [5, 5.41) is 12.1. The highest BCUT2D eigenvalue weighted by molar-refractivity contribution is 6.66. The highest BCUT2D eigenvalue weighted by Gasteiger charge is 2.25. The molecule has 13 nitrogen and oxygen atoms in total. The number of nitrogens with one attached hydrogen (secondary N) is 2. The number of pyridine rings is 1. The van der Waals surface area contributed by atoms with Crippen LogP contribution in [0.3, 0.4) is 0 Å². The predicted octanol–water partition coefficient (Wildman–Crippen LogP) is 1.45. The fraction of sp³-hybridized carbons (Fsp3) is 0.300. The Morgan fingerprint density at radius 3 is 2.44 bits per heavy atom. The molecule has 1 unspecified atom stereocenters. The number of morpholine rings is 1. The maximum absolute atomic E-state index is 13.0. The number of fused-ring (bicyclic) bond motifs is 1. The van der Waals surface area contributed by atoms with Crippen LogP contribution in [0, 0.1) is 5.41 Å². The number of aliphatic imine (C=N–C) groups is 2. The second kappa shape index (κ2) is 13.2. The molecule has 2 aliphatic rings. The van der Waals surface area contributed by atoms with Gasteiger partial charge < -0.3 is 31.3 Å². The number of primary amides is 1. The minimum atomic E-state index is -1.01. The summed E-state index contributed by atoms with van der Waals surface area (Å²) in [4.78, 5) is 54.1. The topological polar surface area (TPSA) is 192 Å². The molecule has 43 heavy (non-hydrogen) atoms. The Morgan fingerprint density at radius 2 is 1.70 bits per heavy atom. The van der Waals surface area contributed by atoms with Gasteiger partial charge in [0.2, 0.25) is 0 Å². The van der Waals surface area contributed by atoms with Crippen molar-refractivity contribution in [2.45, 2.75) is 18.9 Å². The monoisotopic (exact) mass is 583 g/mol. The number of likely N-dealkylation sites (tertiary alicyclic amines) is 1. The van der Waals surface area contributed by atoms with E-state index in [-0.39, 0.29) is 29.7 Å². The second-order valence-corrected chi connectivity index (χ2v) is 10.2. The highest BCUT2D eigenvalue weighted by Crippen LogP contribution is 2.17. The van der Waals surface area contributed by atoms with Gasteiger partial charge in [-0.15, -0.1) is 0 Å². The molecule has 3 aromatic rings. The number of hydrogen-bond donors (Lipinski definition) is 4. The largest absolute Gasteiger partial charge is 0.378 e. The summed E-state index contributed by atoms with van der Waals surface area (Å²) in [6.45, 7) is 2.97. The predicted molar refractivity (Wildman–Crippen MR) is 163 cm³/mol. The lowest BCUT2D eigenvalue weighted by Crippen LogP contribution is -2.52. The van der Waals surface area contributed by atoms with Gasteiger partial charge in [0.05, 0.1) is 24.4 Å². The molecule has 0 bridgehead atoms. The van der Waals surface area contributed by atoms with Gasteiger partial charge in [-0.3, -0.25) is 19.8 Å². The molecular weight excluding hydrogens is 550 g/mol. The lowest BCUT2D eigenvalue weighted by atomic mass is 10.1. The summed E-state index contributed by atoms with van der Waals surface area (Å²) in [6.07, 6.45) is 1.46. The van der Waals surface area contributed by atoms with Crippen molar-refractivity contribution >= 4 is 51.8 Å².